The van der Waals surface area contributed by atoms with Crippen LogP contribution in [0.1, 0.15) is 17.3 Å². The number of nitro groups is 1. The van der Waals surface area contributed by atoms with Gasteiger partial charge < -0.3 is 15.5 Å². The minimum absolute atomic E-state index is 0.0671. The molecule has 0 aromatic heterocycles. The third kappa shape index (κ3) is 3.75. The van der Waals surface area contributed by atoms with Crippen molar-refractivity contribution < 1.29 is 24.7 Å². The Morgan fingerprint density at radius 1 is 1.32 bits per heavy atom. The second-order valence-electron chi connectivity index (χ2n) is 3.83. The average molecular weight is 268 g/mol. The van der Waals surface area contributed by atoms with Crippen molar-refractivity contribution >= 4 is 17.6 Å². The number of non-ortho nitro benzene ring substituents is 1. The smallest absolute Gasteiger partial charge is 0.328 e. The number of carboxylic acid groups (broad SMARTS) is 1. The molecule has 1 aromatic carbocycles. The zero-order valence-electron chi connectivity index (χ0n) is 9.94. The van der Waals surface area contributed by atoms with E-state index in [1.807, 2.05) is 0 Å². The first-order valence-corrected chi connectivity index (χ1v) is 5.29. The highest BCUT2D eigenvalue weighted by Crippen LogP contribution is 2.12. The highest BCUT2D eigenvalue weighted by molar-refractivity contribution is 5.96. The molecule has 2 atom stereocenters. The van der Waals surface area contributed by atoms with Gasteiger partial charge in [0.15, 0.2) is 6.04 Å². The number of carboxylic acids is 1. The van der Waals surface area contributed by atoms with Crippen LogP contribution in [0.4, 0.5) is 5.69 Å². The topological polar surface area (TPSA) is 130 Å². The van der Waals surface area contributed by atoms with Gasteiger partial charge in [-0.1, -0.05) is 0 Å². The van der Waals surface area contributed by atoms with E-state index in [4.69, 9.17) is 5.11 Å². The number of aliphatic hydroxyl groups is 1. The molecule has 0 saturated carbocycles. The molecule has 8 nitrogen and oxygen atoms in total. The maximum Gasteiger partial charge on any atom is 0.328 e. The van der Waals surface area contributed by atoms with Gasteiger partial charge in [0.05, 0.1) is 11.0 Å². The van der Waals surface area contributed by atoms with E-state index in [-0.39, 0.29) is 11.3 Å². The molecule has 1 aromatic rings. The van der Waals surface area contributed by atoms with Gasteiger partial charge in [0.25, 0.3) is 11.6 Å². The summed E-state index contributed by atoms with van der Waals surface area (Å²) in [6, 6.07) is 3.23. The lowest BCUT2D eigenvalue weighted by Crippen LogP contribution is -2.47. The van der Waals surface area contributed by atoms with E-state index in [2.05, 4.69) is 5.32 Å². The molecule has 3 N–H and O–H groups in total. The van der Waals surface area contributed by atoms with Crippen LogP contribution in [0.15, 0.2) is 24.3 Å². The standard InChI is InChI=1S/C11H12N2O6/c1-6(14)9(11(16)17)12-10(15)7-2-4-8(5-3-7)13(18)19/h2-6,9,14H,1H3,(H,12,15)(H,16,17)/t6-,9-/m1/s1. The van der Waals surface area contributed by atoms with Crippen molar-refractivity contribution in [2.45, 2.75) is 19.1 Å². The SMILES string of the molecule is C[C@@H](O)[C@@H](NC(=O)c1ccc([N+](=O)[O-])cc1)C(=O)O. The first kappa shape index (κ1) is 14.6. The number of hydrogen-bond donors (Lipinski definition) is 3. The number of carbonyl (C=O) groups excluding carboxylic acids is 1. The lowest BCUT2D eigenvalue weighted by Gasteiger charge is -2.16. The third-order valence-electron chi connectivity index (χ3n) is 2.38. The second kappa shape index (κ2) is 5.91. The Kier molecular flexibility index (Phi) is 4.54. The predicted octanol–water partition coefficient (Wildman–Crippen LogP) is 0.159. The van der Waals surface area contributed by atoms with Gasteiger partial charge in [-0.15, -0.1) is 0 Å². The fourth-order valence-corrected chi connectivity index (χ4v) is 1.35. The van der Waals surface area contributed by atoms with E-state index in [9.17, 15) is 24.8 Å². The van der Waals surface area contributed by atoms with E-state index in [1.165, 1.54) is 19.1 Å². The van der Waals surface area contributed by atoms with Crippen molar-refractivity contribution in [3.8, 4) is 0 Å². The van der Waals surface area contributed by atoms with Crippen LogP contribution in [0, 0.1) is 10.1 Å². The molecule has 19 heavy (non-hydrogen) atoms. The maximum absolute atomic E-state index is 11.7. The van der Waals surface area contributed by atoms with Crippen LogP contribution in [-0.2, 0) is 4.79 Å². The van der Waals surface area contributed by atoms with Gasteiger partial charge in [-0.3, -0.25) is 14.9 Å². The molecule has 1 amide bonds. The number of rotatable bonds is 5. The summed E-state index contributed by atoms with van der Waals surface area (Å²) in [4.78, 5) is 32.3. The molecule has 0 aliphatic heterocycles. The van der Waals surface area contributed by atoms with Crippen LogP contribution < -0.4 is 5.32 Å². The highest BCUT2D eigenvalue weighted by atomic mass is 16.6. The number of hydrogen-bond acceptors (Lipinski definition) is 5. The first-order valence-electron chi connectivity index (χ1n) is 5.29. The van der Waals surface area contributed by atoms with E-state index in [0.717, 1.165) is 12.1 Å². The molecular formula is C11H12N2O6. The van der Waals surface area contributed by atoms with E-state index in [0.29, 0.717) is 0 Å². The van der Waals surface area contributed by atoms with Gasteiger partial charge in [0.2, 0.25) is 0 Å². The largest absolute Gasteiger partial charge is 0.480 e. The quantitative estimate of drug-likeness (QED) is 0.515. The Morgan fingerprint density at radius 2 is 1.84 bits per heavy atom. The molecule has 0 spiro atoms. The zero-order valence-corrected chi connectivity index (χ0v) is 9.94. The number of nitro benzene ring substituents is 1. The van der Waals surface area contributed by atoms with Gasteiger partial charge in [-0.25, -0.2) is 4.79 Å². The molecule has 8 heteroatoms. The number of benzene rings is 1. The maximum atomic E-state index is 11.7. The summed E-state index contributed by atoms with van der Waals surface area (Å²) in [5, 5.41) is 30.6. The number of amides is 1. The van der Waals surface area contributed by atoms with Crippen molar-refractivity contribution in [2.75, 3.05) is 0 Å². The molecule has 102 valence electrons. The average Bonchev–Trinajstić information content (AvgIpc) is 2.34. The minimum atomic E-state index is -1.44. The fraction of sp³-hybridized carbons (Fsp3) is 0.273. The number of carbonyl (C=O) groups is 2. The minimum Gasteiger partial charge on any atom is -0.480 e. The van der Waals surface area contributed by atoms with Gasteiger partial charge in [-0.2, -0.15) is 0 Å². The summed E-state index contributed by atoms with van der Waals surface area (Å²) in [7, 11) is 0. The number of aliphatic carboxylic acids is 1. The zero-order chi connectivity index (χ0) is 14.6. The predicted molar refractivity (Wildman–Crippen MR) is 63.7 cm³/mol. The molecule has 0 heterocycles. The molecule has 0 aliphatic rings. The summed E-state index contributed by atoms with van der Waals surface area (Å²) in [6.45, 7) is 1.23. The summed E-state index contributed by atoms with van der Waals surface area (Å²) >= 11 is 0. The Bertz CT molecular complexity index is 496. The summed E-state index contributed by atoms with van der Waals surface area (Å²) in [5.41, 5.74) is -0.112. The van der Waals surface area contributed by atoms with Crippen molar-refractivity contribution in [3.63, 3.8) is 0 Å². The van der Waals surface area contributed by atoms with Gasteiger partial charge in [0, 0.05) is 17.7 Å². The normalized spacial score (nSPS) is 13.4. The number of nitrogens with zero attached hydrogens (tertiary/aromatic N) is 1. The monoisotopic (exact) mass is 268 g/mol. The van der Waals surface area contributed by atoms with Crippen LogP contribution in [0.5, 0.6) is 0 Å². The van der Waals surface area contributed by atoms with Crippen LogP contribution in [-0.4, -0.2) is 39.2 Å². The molecule has 0 bridgehead atoms. The van der Waals surface area contributed by atoms with Crippen molar-refractivity contribution in [1.29, 1.82) is 0 Å². The van der Waals surface area contributed by atoms with Gasteiger partial charge >= 0.3 is 5.97 Å². The van der Waals surface area contributed by atoms with Gasteiger partial charge in [-0.05, 0) is 19.1 Å². The van der Waals surface area contributed by atoms with E-state index >= 15 is 0 Å². The Morgan fingerprint density at radius 3 is 2.21 bits per heavy atom. The molecule has 0 unspecified atom stereocenters. The highest BCUT2D eigenvalue weighted by Gasteiger charge is 2.25. The van der Waals surface area contributed by atoms with Crippen LogP contribution in [0.3, 0.4) is 0 Å². The Hall–Kier alpha value is -2.48. The molecule has 1 rings (SSSR count). The summed E-state index contributed by atoms with van der Waals surface area (Å²) < 4.78 is 0. The van der Waals surface area contributed by atoms with Crippen LogP contribution in [0.2, 0.25) is 0 Å². The lowest BCUT2D eigenvalue weighted by molar-refractivity contribution is -0.384. The van der Waals surface area contributed by atoms with Gasteiger partial charge in [0.1, 0.15) is 0 Å². The van der Waals surface area contributed by atoms with Crippen molar-refractivity contribution in [1.82, 2.24) is 5.32 Å². The van der Waals surface area contributed by atoms with Crippen LogP contribution in [0.25, 0.3) is 0 Å². The van der Waals surface area contributed by atoms with Crippen molar-refractivity contribution in [3.05, 3.63) is 39.9 Å². The Balaban J connectivity index is 2.83. The third-order valence-corrected chi connectivity index (χ3v) is 2.38. The molecule has 0 saturated heterocycles. The summed E-state index contributed by atoms with van der Waals surface area (Å²) in [6.07, 6.45) is -1.26. The van der Waals surface area contributed by atoms with E-state index < -0.39 is 28.9 Å². The Labute approximate surface area is 107 Å². The first-order chi connectivity index (χ1) is 8.82. The molecule has 0 radical (unpaired) electrons. The lowest BCUT2D eigenvalue weighted by atomic mass is 10.1. The molecule has 0 fully saturated rings. The second-order valence-corrected chi connectivity index (χ2v) is 3.83. The molecule has 0 aliphatic carbocycles. The van der Waals surface area contributed by atoms with Crippen molar-refractivity contribution in [2.24, 2.45) is 0 Å². The number of nitrogens with one attached hydrogen (secondary N) is 1. The van der Waals surface area contributed by atoms with E-state index in [1.54, 1.807) is 0 Å². The summed E-state index contributed by atoms with van der Waals surface area (Å²) in [5.74, 6) is -2.10. The number of aliphatic hydroxyl groups excluding tert-OH is 1. The van der Waals surface area contributed by atoms with Crippen LogP contribution >= 0.6 is 0 Å². The fourth-order valence-electron chi connectivity index (χ4n) is 1.35. The molecular weight excluding hydrogens is 256 g/mol.